The van der Waals surface area contributed by atoms with Gasteiger partial charge in [-0.05, 0) is 57.1 Å². The number of imidazole rings is 1. The van der Waals surface area contributed by atoms with E-state index in [2.05, 4.69) is 15.9 Å². The Kier molecular flexibility index (Phi) is 8.71. The van der Waals surface area contributed by atoms with Gasteiger partial charge in [-0.3, -0.25) is 13.9 Å². The van der Waals surface area contributed by atoms with Crippen LogP contribution < -0.4 is 5.69 Å². The molecule has 2 saturated heterocycles. The Bertz CT molecular complexity index is 1100. The van der Waals surface area contributed by atoms with Crippen molar-refractivity contribution in [2.75, 3.05) is 39.9 Å². The fourth-order valence-corrected chi connectivity index (χ4v) is 7.38. The summed E-state index contributed by atoms with van der Waals surface area (Å²) in [4.78, 5) is 32.6. The summed E-state index contributed by atoms with van der Waals surface area (Å²) < 4.78 is 9.31. The highest BCUT2D eigenvalue weighted by Gasteiger charge is 2.42. The van der Waals surface area contributed by atoms with Gasteiger partial charge in [0.2, 0.25) is 5.91 Å². The zero-order valence-corrected chi connectivity index (χ0v) is 22.9. The monoisotopic (exact) mass is 510 g/mol. The van der Waals surface area contributed by atoms with E-state index < -0.39 is 0 Å². The minimum Gasteiger partial charge on any atom is -0.383 e. The van der Waals surface area contributed by atoms with Gasteiger partial charge in [-0.2, -0.15) is 0 Å². The molecule has 0 unspecified atom stereocenters. The van der Waals surface area contributed by atoms with Gasteiger partial charge in [-0.15, -0.1) is 0 Å². The first-order valence-corrected chi connectivity index (χ1v) is 14.8. The summed E-state index contributed by atoms with van der Waals surface area (Å²) in [6, 6.07) is 8.12. The quantitative estimate of drug-likeness (QED) is 0.543. The average molecular weight is 511 g/mol. The number of aryl methyl sites for hydroxylation is 1. The van der Waals surface area contributed by atoms with Crippen LogP contribution in [0.2, 0.25) is 0 Å². The van der Waals surface area contributed by atoms with E-state index in [0.29, 0.717) is 13.2 Å². The molecule has 2 aliphatic heterocycles. The number of ether oxygens (including phenoxy) is 1. The molecule has 0 N–H and O–H groups in total. The number of piperidine rings is 1. The van der Waals surface area contributed by atoms with Crippen molar-refractivity contribution in [1.29, 1.82) is 0 Å². The second kappa shape index (κ2) is 12.2. The van der Waals surface area contributed by atoms with Crippen LogP contribution in [0.3, 0.4) is 0 Å². The minimum absolute atomic E-state index is 0.0230. The highest BCUT2D eigenvalue weighted by Crippen LogP contribution is 2.35. The lowest BCUT2D eigenvalue weighted by atomic mass is 9.87. The number of hydrogen-bond acceptors (Lipinski definition) is 4. The highest BCUT2D eigenvalue weighted by atomic mass is 16.5. The molecule has 3 fully saturated rings. The van der Waals surface area contributed by atoms with Crippen molar-refractivity contribution < 1.29 is 9.53 Å². The molecule has 2 aromatic rings. The first-order chi connectivity index (χ1) is 18.1. The number of para-hydroxylation sites is 2. The molecule has 0 bridgehead atoms. The van der Waals surface area contributed by atoms with Gasteiger partial charge in [0.25, 0.3) is 0 Å². The number of benzene rings is 1. The normalized spacial score (nSPS) is 26.4. The lowest BCUT2D eigenvalue weighted by Crippen LogP contribution is -2.52. The van der Waals surface area contributed by atoms with E-state index in [-0.39, 0.29) is 29.6 Å². The molecule has 3 atom stereocenters. The second-order valence-corrected chi connectivity index (χ2v) is 11.6. The Labute approximate surface area is 221 Å². The lowest BCUT2D eigenvalue weighted by Gasteiger charge is -2.42. The smallest absolute Gasteiger partial charge is 0.329 e. The summed E-state index contributed by atoms with van der Waals surface area (Å²) >= 11 is 0. The predicted molar refractivity (Wildman–Crippen MR) is 148 cm³/mol. The molecule has 1 aromatic heterocycles. The van der Waals surface area contributed by atoms with Crippen LogP contribution in [-0.2, 0) is 16.1 Å². The Morgan fingerprint density at radius 2 is 1.68 bits per heavy atom. The van der Waals surface area contributed by atoms with Crippen molar-refractivity contribution in [2.24, 2.45) is 11.8 Å². The first kappa shape index (κ1) is 26.5. The predicted octanol–water partition coefficient (Wildman–Crippen LogP) is 4.68. The number of nitrogens with zero attached hydrogens (tertiary/aromatic N) is 4. The van der Waals surface area contributed by atoms with Crippen molar-refractivity contribution in [3.05, 3.63) is 34.7 Å². The van der Waals surface area contributed by atoms with Crippen molar-refractivity contribution in [1.82, 2.24) is 18.9 Å². The lowest BCUT2D eigenvalue weighted by molar-refractivity contribution is -0.141. The third-order valence-electron chi connectivity index (χ3n) is 9.25. The van der Waals surface area contributed by atoms with Gasteiger partial charge in [-0.1, -0.05) is 44.2 Å². The number of carbonyl (C=O) groups is 1. The molecule has 0 radical (unpaired) electrons. The van der Waals surface area contributed by atoms with E-state index in [1.165, 1.54) is 44.9 Å². The maximum absolute atomic E-state index is 14.3. The SMILES string of the molecule is CCn1c(=O)n([C@H]2CCN(CC3CCCCCCC3)C[C@@H]2C(=O)N2CCC[C@@H]2COC)c2ccccc21. The van der Waals surface area contributed by atoms with E-state index in [1.807, 2.05) is 34.3 Å². The van der Waals surface area contributed by atoms with Crippen molar-refractivity contribution in [3.8, 4) is 0 Å². The fraction of sp³-hybridized carbons (Fsp3) is 0.733. The molecule has 1 aromatic carbocycles. The first-order valence-electron chi connectivity index (χ1n) is 14.8. The number of fused-ring (bicyclic) bond motifs is 1. The molecule has 1 aliphatic carbocycles. The second-order valence-electron chi connectivity index (χ2n) is 11.6. The van der Waals surface area contributed by atoms with Gasteiger partial charge in [0.05, 0.1) is 35.6 Å². The van der Waals surface area contributed by atoms with Crippen molar-refractivity contribution >= 4 is 16.9 Å². The van der Waals surface area contributed by atoms with Gasteiger partial charge in [0.1, 0.15) is 0 Å². The minimum atomic E-state index is -0.214. The van der Waals surface area contributed by atoms with Crippen LogP contribution >= 0.6 is 0 Å². The summed E-state index contributed by atoms with van der Waals surface area (Å²) in [5.41, 5.74) is 1.95. The van der Waals surface area contributed by atoms with Gasteiger partial charge in [-0.25, -0.2) is 4.79 Å². The number of hydrogen-bond donors (Lipinski definition) is 0. The number of rotatable bonds is 7. The number of carbonyl (C=O) groups excluding carboxylic acids is 1. The molecule has 1 amide bonds. The zero-order chi connectivity index (χ0) is 25.8. The third-order valence-corrected chi connectivity index (χ3v) is 9.25. The van der Waals surface area contributed by atoms with E-state index in [4.69, 9.17) is 4.74 Å². The van der Waals surface area contributed by atoms with Crippen LogP contribution in [-0.4, -0.2) is 70.8 Å². The molecule has 204 valence electrons. The maximum atomic E-state index is 14.3. The molecule has 7 heteroatoms. The number of aromatic nitrogens is 2. The number of likely N-dealkylation sites (tertiary alicyclic amines) is 2. The van der Waals surface area contributed by atoms with E-state index >= 15 is 0 Å². The Balaban J connectivity index is 1.45. The molecule has 7 nitrogen and oxygen atoms in total. The average Bonchev–Trinajstić information content (AvgIpc) is 3.46. The van der Waals surface area contributed by atoms with Gasteiger partial charge >= 0.3 is 5.69 Å². The molecule has 3 aliphatic rings. The van der Waals surface area contributed by atoms with Crippen LogP contribution in [0.4, 0.5) is 0 Å². The summed E-state index contributed by atoms with van der Waals surface area (Å²) in [7, 11) is 1.72. The standard InChI is InChI=1S/C30H46N4O3/c1-3-32-27-15-9-10-16-28(27)34(30(32)36)26-17-19-31(20-23-12-7-5-4-6-8-13-23)21-25(26)29(35)33-18-11-14-24(33)22-37-2/h9-10,15-16,23-26H,3-8,11-14,17-22H2,1-2H3/t24-,25+,26+/m1/s1. The summed E-state index contributed by atoms with van der Waals surface area (Å²) in [5.74, 6) is 0.728. The Morgan fingerprint density at radius 3 is 2.41 bits per heavy atom. The van der Waals surface area contributed by atoms with Gasteiger partial charge < -0.3 is 14.5 Å². The molecular formula is C30H46N4O3. The van der Waals surface area contributed by atoms with E-state index in [1.54, 1.807) is 7.11 Å². The van der Waals surface area contributed by atoms with Crippen LogP contribution in [0.25, 0.3) is 11.0 Å². The topological polar surface area (TPSA) is 59.7 Å². The van der Waals surface area contributed by atoms with E-state index in [0.717, 1.165) is 62.4 Å². The summed E-state index contributed by atoms with van der Waals surface area (Å²) in [6.45, 7) is 6.82. The van der Waals surface area contributed by atoms with Crippen molar-refractivity contribution in [3.63, 3.8) is 0 Å². The van der Waals surface area contributed by atoms with Crippen LogP contribution in [0.15, 0.2) is 29.1 Å². The molecule has 1 saturated carbocycles. The summed E-state index contributed by atoms with van der Waals surface area (Å²) in [5, 5.41) is 0. The molecular weight excluding hydrogens is 464 g/mol. The zero-order valence-electron chi connectivity index (χ0n) is 22.9. The van der Waals surface area contributed by atoms with Crippen molar-refractivity contribution in [2.45, 2.75) is 89.8 Å². The number of methoxy groups -OCH3 is 1. The third kappa shape index (κ3) is 5.53. The van der Waals surface area contributed by atoms with Gasteiger partial charge in [0.15, 0.2) is 0 Å². The molecule has 5 rings (SSSR count). The fourth-order valence-electron chi connectivity index (χ4n) is 7.38. The molecule has 0 spiro atoms. The van der Waals surface area contributed by atoms with E-state index in [9.17, 15) is 9.59 Å². The highest BCUT2D eigenvalue weighted by molar-refractivity contribution is 5.81. The van der Waals surface area contributed by atoms with Crippen LogP contribution in [0.5, 0.6) is 0 Å². The summed E-state index contributed by atoms with van der Waals surface area (Å²) in [6.07, 6.45) is 12.3. The molecule has 3 heterocycles. The van der Waals surface area contributed by atoms with Crippen LogP contribution in [0.1, 0.15) is 77.2 Å². The Hall–Kier alpha value is -2.12. The largest absolute Gasteiger partial charge is 0.383 e. The number of amides is 1. The Morgan fingerprint density at radius 1 is 0.946 bits per heavy atom. The molecule has 37 heavy (non-hydrogen) atoms. The maximum Gasteiger partial charge on any atom is 0.329 e. The van der Waals surface area contributed by atoms with Crippen LogP contribution in [0, 0.1) is 11.8 Å². The van der Waals surface area contributed by atoms with Gasteiger partial charge in [0, 0.05) is 39.8 Å².